The SMILES string of the molecule is COc1cc(/C=C2\SC(=O)N(Cc3ccc(F)cc3)C2=O)cc(I)c1OCc1ccc(F)cc1. The molecule has 1 saturated heterocycles. The first-order valence-electron chi connectivity index (χ1n) is 10.1. The van der Waals surface area contributed by atoms with Crippen LogP contribution in [0.4, 0.5) is 13.6 Å². The van der Waals surface area contributed by atoms with Gasteiger partial charge in [-0.05, 0) is 93.5 Å². The van der Waals surface area contributed by atoms with Crippen molar-refractivity contribution in [3.05, 3.63) is 97.5 Å². The summed E-state index contributed by atoms with van der Waals surface area (Å²) in [6.45, 7) is 0.299. The average molecular weight is 593 g/mol. The standard InChI is InChI=1S/C25H18F2INO4S/c1-32-21-11-17(10-20(28)23(21)33-14-16-4-8-19(27)9-5-16)12-22-24(30)29(25(31)34-22)13-15-2-6-18(26)7-3-15/h2-12H,13-14H2,1H3/b22-12-. The summed E-state index contributed by atoms with van der Waals surface area (Å²) in [5.74, 6) is -0.126. The molecule has 0 unspecified atom stereocenters. The third-order valence-electron chi connectivity index (χ3n) is 4.97. The van der Waals surface area contributed by atoms with E-state index in [1.165, 1.54) is 31.4 Å². The van der Waals surface area contributed by atoms with Crippen molar-refractivity contribution in [3.63, 3.8) is 0 Å². The van der Waals surface area contributed by atoms with Crippen LogP contribution in [0, 0.1) is 15.2 Å². The van der Waals surface area contributed by atoms with E-state index in [-0.39, 0.29) is 34.9 Å². The van der Waals surface area contributed by atoms with Gasteiger partial charge in [-0.1, -0.05) is 24.3 Å². The highest BCUT2D eigenvalue weighted by Crippen LogP contribution is 2.38. The molecule has 0 aromatic heterocycles. The third-order valence-corrected chi connectivity index (χ3v) is 6.68. The zero-order valence-electron chi connectivity index (χ0n) is 17.9. The maximum atomic E-state index is 13.1. The predicted octanol–water partition coefficient (Wildman–Crippen LogP) is 6.39. The van der Waals surface area contributed by atoms with Crippen molar-refractivity contribution in [1.29, 1.82) is 0 Å². The number of nitrogens with zero attached hydrogens (tertiary/aromatic N) is 1. The number of benzene rings is 3. The summed E-state index contributed by atoms with van der Waals surface area (Å²) in [4.78, 5) is 26.7. The quantitative estimate of drug-likeness (QED) is 0.235. The van der Waals surface area contributed by atoms with Gasteiger partial charge in [0.25, 0.3) is 11.1 Å². The Morgan fingerprint density at radius 1 is 0.971 bits per heavy atom. The smallest absolute Gasteiger partial charge is 0.293 e. The fourth-order valence-corrected chi connectivity index (χ4v) is 4.88. The molecular formula is C25H18F2INO4S. The normalized spacial score (nSPS) is 14.7. The number of thioether (sulfide) groups is 1. The lowest BCUT2D eigenvalue weighted by molar-refractivity contribution is -0.123. The predicted molar refractivity (Wildman–Crippen MR) is 134 cm³/mol. The number of methoxy groups -OCH3 is 1. The average Bonchev–Trinajstić information content (AvgIpc) is 3.07. The number of carbonyl (C=O) groups excluding carboxylic acids is 2. The lowest BCUT2D eigenvalue weighted by Crippen LogP contribution is -2.27. The van der Waals surface area contributed by atoms with E-state index in [2.05, 4.69) is 22.6 Å². The number of rotatable bonds is 7. The molecule has 1 heterocycles. The Morgan fingerprint density at radius 3 is 2.21 bits per heavy atom. The molecule has 3 aromatic carbocycles. The monoisotopic (exact) mass is 593 g/mol. The third kappa shape index (κ3) is 5.58. The molecule has 1 aliphatic rings. The Morgan fingerprint density at radius 2 is 1.59 bits per heavy atom. The largest absolute Gasteiger partial charge is 0.493 e. The van der Waals surface area contributed by atoms with E-state index < -0.39 is 5.91 Å². The van der Waals surface area contributed by atoms with E-state index in [1.54, 1.807) is 36.4 Å². The van der Waals surface area contributed by atoms with Crippen molar-refractivity contribution < 1.29 is 27.8 Å². The van der Waals surface area contributed by atoms with Gasteiger partial charge in [-0.25, -0.2) is 8.78 Å². The number of halogens is 3. The molecule has 1 aliphatic heterocycles. The minimum Gasteiger partial charge on any atom is -0.493 e. The zero-order valence-corrected chi connectivity index (χ0v) is 20.9. The number of hydrogen-bond acceptors (Lipinski definition) is 5. The van der Waals surface area contributed by atoms with Gasteiger partial charge in [0.2, 0.25) is 0 Å². The Labute approximate surface area is 212 Å². The van der Waals surface area contributed by atoms with Gasteiger partial charge >= 0.3 is 0 Å². The number of amides is 2. The van der Waals surface area contributed by atoms with Crippen LogP contribution in [0.25, 0.3) is 6.08 Å². The number of hydrogen-bond donors (Lipinski definition) is 0. The topological polar surface area (TPSA) is 55.8 Å². The molecule has 9 heteroatoms. The first kappa shape index (κ1) is 24.2. The molecule has 5 nitrogen and oxygen atoms in total. The molecule has 0 N–H and O–H groups in total. The summed E-state index contributed by atoms with van der Waals surface area (Å²) in [5, 5.41) is -0.388. The summed E-state index contributed by atoms with van der Waals surface area (Å²) in [6.07, 6.45) is 1.63. The molecule has 0 saturated carbocycles. The fourth-order valence-electron chi connectivity index (χ4n) is 3.26. The number of imide groups is 1. The maximum Gasteiger partial charge on any atom is 0.293 e. The van der Waals surface area contributed by atoms with Crippen molar-refractivity contribution in [3.8, 4) is 11.5 Å². The van der Waals surface area contributed by atoms with Crippen molar-refractivity contribution in [1.82, 2.24) is 4.90 Å². The van der Waals surface area contributed by atoms with Crippen molar-refractivity contribution in [2.75, 3.05) is 7.11 Å². The maximum absolute atomic E-state index is 13.1. The van der Waals surface area contributed by atoms with Crippen LogP contribution in [0.2, 0.25) is 0 Å². The molecule has 0 atom stereocenters. The Balaban J connectivity index is 1.52. The second-order valence-electron chi connectivity index (χ2n) is 7.34. The second kappa shape index (κ2) is 10.6. The van der Waals surface area contributed by atoms with Crippen molar-refractivity contribution in [2.45, 2.75) is 13.2 Å². The second-order valence-corrected chi connectivity index (χ2v) is 9.50. The molecule has 0 spiro atoms. The first-order valence-corrected chi connectivity index (χ1v) is 12.0. The summed E-state index contributed by atoms with van der Waals surface area (Å²) in [7, 11) is 1.51. The van der Waals surface area contributed by atoms with E-state index in [0.29, 0.717) is 22.6 Å². The van der Waals surface area contributed by atoms with Crippen LogP contribution in [-0.4, -0.2) is 23.2 Å². The van der Waals surface area contributed by atoms with E-state index in [1.807, 2.05) is 6.07 Å². The lowest BCUT2D eigenvalue weighted by Gasteiger charge is -2.14. The van der Waals surface area contributed by atoms with Gasteiger partial charge in [0.1, 0.15) is 18.2 Å². The van der Waals surface area contributed by atoms with Crippen molar-refractivity contribution >= 4 is 51.6 Å². The van der Waals surface area contributed by atoms with Crippen LogP contribution in [-0.2, 0) is 17.9 Å². The number of carbonyl (C=O) groups is 2. The molecule has 0 aliphatic carbocycles. The van der Waals surface area contributed by atoms with Crippen LogP contribution in [0.1, 0.15) is 16.7 Å². The molecule has 4 rings (SSSR count). The highest BCUT2D eigenvalue weighted by Gasteiger charge is 2.35. The minimum absolute atomic E-state index is 0.0688. The highest BCUT2D eigenvalue weighted by molar-refractivity contribution is 14.1. The van der Waals surface area contributed by atoms with Crippen LogP contribution < -0.4 is 9.47 Å². The van der Waals surface area contributed by atoms with Crippen LogP contribution in [0.3, 0.4) is 0 Å². The lowest BCUT2D eigenvalue weighted by atomic mass is 10.1. The molecule has 34 heavy (non-hydrogen) atoms. The van der Waals surface area contributed by atoms with Gasteiger partial charge in [-0.3, -0.25) is 14.5 Å². The molecule has 2 amide bonds. The van der Waals surface area contributed by atoms with Crippen LogP contribution in [0.5, 0.6) is 11.5 Å². The van der Waals surface area contributed by atoms with E-state index in [9.17, 15) is 18.4 Å². The molecule has 0 bridgehead atoms. The molecule has 3 aromatic rings. The Hall–Kier alpha value is -2.92. The summed E-state index contributed by atoms with van der Waals surface area (Å²) >= 11 is 2.96. The Bertz CT molecular complexity index is 1260. The van der Waals surface area contributed by atoms with Crippen LogP contribution in [0.15, 0.2) is 65.6 Å². The summed E-state index contributed by atoms with van der Waals surface area (Å²) < 4.78 is 38.4. The zero-order chi connectivity index (χ0) is 24.2. The Kier molecular flexibility index (Phi) is 7.52. The molecule has 0 radical (unpaired) electrons. The molecular weight excluding hydrogens is 575 g/mol. The van der Waals surface area contributed by atoms with Gasteiger partial charge in [-0.15, -0.1) is 0 Å². The summed E-state index contributed by atoms with van der Waals surface area (Å²) in [5.41, 5.74) is 2.13. The van der Waals surface area contributed by atoms with Crippen LogP contribution >= 0.6 is 34.4 Å². The van der Waals surface area contributed by atoms with Gasteiger partial charge in [-0.2, -0.15) is 0 Å². The van der Waals surface area contributed by atoms with Gasteiger partial charge in [0, 0.05) is 0 Å². The van der Waals surface area contributed by atoms with Gasteiger partial charge in [0.05, 0.1) is 22.1 Å². The van der Waals surface area contributed by atoms with Gasteiger partial charge in [0.15, 0.2) is 11.5 Å². The summed E-state index contributed by atoms with van der Waals surface area (Å²) in [6, 6.07) is 15.2. The molecule has 1 fully saturated rings. The van der Waals surface area contributed by atoms with E-state index in [0.717, 1.165) is 25.8 Å². The van der Waals surface area contributed by atoms with Gasteiger partial charge < -0.3 is 9.47 Å². The van der Waals surface area contributed by atoms with E-state index in [4.69, 9.17) is 9.47 Å². The minimum atomic E-state index is -0.412. The van der Waals surface area contributed by atoms with Crippen molar-refractivity contribution in [2.24, 2.45) is 0 Å². The highest BCUT2D eigenvalue weighted by atomic mass is 127. The first-order chi connectivity index (χ1) is 16.3. The number of ether oxygens (including phenoxy) is 2. The van der Waals surface area contributed by atoms with E-state index >= 15 is 0 Å². The molecule has 174 valence electrons. The fraction of sp³-hybridized carbons (Fsp3) is 0.120.